The van der Waals surface area contributed by atoms with Crippen molar-refractivity contribution in [3.63, 3.8) is 0 Å². The lowest BCUT2D eigenvalue weighted by molar-refractivity contribution is 0.0784. The maximum Gasteiger partial charge on any atom is 0.200 e. The summed E-state index contributed by atoms with van der Waals surface area (Å²) in [7, 11) is 0. The van der Waals surface area contributed by atoms with E-state index < -0.39 is 6.10 Å². The Morgan fingerprint density at radius 1 is 1.62 bits per heavy atom. The van der Waals surface area contributed by atoms with Gasteiger partial charge in [-0.1, -0.05) is 5.92 Å². The highest BCUT2D eigenvalue weighted by atomic mass is 32.1. The Morgan fingerprint density at radius 2 is 2.31 bits per heavy atom. The van der Waals surface area contributed by atoms with E-state index in [4.69, 9.17) is 5.11 Å². The number of carbonyl (C=O) groups excluding carboxylic acids is 1. The average Bonchev–Trinajstić information content (AvgIpc) is 2.52. The second-order valence-corrected chi connectivity index (χ2v) is 3.66. The molecular weight excluding hydrogens is 184 g/mol. The van der Waals surface area contributed by atoms with Crippen LogP contribution < -0.4 is 0 Å². The van der Waals surface area contributed by atoms with Crippen LogP contribution in [0, 0.1) is 11.8 Å². The van der Waals surface area contributed by atoms with E-state index in [0.717, 1.165) is 4.88 Å². The van der Waals surface area contributed by atoms with Crippen LogP contribution in [0.2, 0.25) is 0 Å². The number of thiophene rings is 1. The minimum atomic E-state index is -0.930. The predicted octanol–water partition coefficient (Wildman–Crippen LogP) is 1.68. The fourth-order valence-corrected chi connectivity index (χ4v) is 1.80. The molecule has 13 heavy (non-hydrogen) atoms. The van der Waals surface area contributed by atoms with Crippen LogP contribution in [0.5, 0.6) is 0 Å². The zero-order chi connectivity index (χ0) is 9.84. The molecule has 3 heteroatoms. The smallest absolute Gasteiger partial charge is 0.200 e. The lowest BCUT2D eigenvalue weighted by Gasteiger charge is -1.97. The van der Waals surface area contributed by atoms with Gasteiger partial charge >= 0.3 is 0 Å². The molecule has 1 N–H and O–H groups in total. The van der Waals surface area contributed by atoms with Crippen LogP contribution >= 0.6 is 11.3 Å². The topological polar surface area (TPSA) is 37.3 Å². The van der Waals surface area contributed by atoms with Gasteiger partial charge in [-0.05, 0) is 26.0 Å². The van der Waals surface area contributed by atoms with E-state index in [9.17, 15) is 4.79 Å². The lowest BCUT2D eigenvalue weighted by atomic mass is 10.2. The number of hydrogen-bond donors (Lipinski definition) is 1. The van der Waals surface area contributed by atoms with Crippen molar-refractivity contribution in [1.82, 2.24) is 0 Å². The summed E-state index contributed by atoms with van der Waals surface area (Å²) >= 11 is 1.31. The van der Waals surface area contributed by atoms with Gasteiger partial charge in [-0.2, -0.15) is 0 Å². The maximum atomic E-state index is 11.3. The van der Waals surface area contributed by atoms with E-state index in [0.29, 0.717) is 4.88 Å². The molecule has 0 aliphatic carbocycles. The van der Waals surface area contributed by atoms with Crippen LogP contribution in [-0.4, -0.2) is 17.0 Å². The highest BCUT2D eigenvalue weighted by Crippen LogP contribution is 2.17. The van der Waals surface area contributed by atoms with Crippen LogP contribution in [0.1, 0.15) is 28.4 Å². The molecule has 1 rings (SSSR count). The van der Waals surface area contributed by atoms with Gasteiger partial charge in [-0.15, -0.1) is 17.3 Å². The molecule has 0 aromatic carbocycles. The standard InChI is InChI=1S/C10H10O2S/c1-3-4-8-5-6-9(13-8)10(12)7(2)11/h5-7,11H,1-2H3. The van der Waals surface area contributed by atoms with Crippen molar-refractivity contribution in [3.8, 4) is 11.8 Å². The summed E-state index contributed by atoms with van der Waals surface area (Å²) < 4.78 is 0. The normalized spacial score (nSPS) is 11.6. The highest BCUT2D eigenvalue weighted by molar-refractivity contribution is 7.14. The molecule has 0 saturated heterocycles. The molecule has 1 aromatic rings. The van der Waals surface area contributed by atoms with E-state index in [1.54, 1.807) is 19.1 Å². The van der Waals surface area contributed by atoms with Gasteiger partial charge in [0.1, 0.15) is 6.10 Å². The van der Waals surface area contributed by atoms with Crippen LogP contribution in [0.25, 0.3) is 0 Å². The summed E-state index contributed by atoms with van der Waals surface area (Å²) in [5, 5.41) is 9.03. The summed E-state index contributed by atoms with van der Waals surface area (Å²) in [6.45, 7) is 3.21. The van der Waals surface area contributed by atoms with Crippen LogP contribution in [-0.2, 0) is 0 Å². The fourth-order valence-electron chi connectivity index (χ4n) is 0.867. The Labute approximate surface area is 81.2 Å². The van der Waals surface area contributed by atoms with Gasteiger partial charge in [0.05, 0.1) is 9.75 Å². The summed E-state index contributed by atoms with van der Waals surface area (Å²) in [6, 6.07) is 3.48. The average molecular weight is 194 g/mol. The molecule has 1 unspecified atom stereocenters. The van der Waals surface area contributed by atoms with Gasteiger partial charge in [-0.25, -0.2) is 0 Å². The van der Waals surface area contributed by atoms with Gasteiger partial charge in [0.15, 0.2) is 0 Å². The van der Waals surface area contributed by atoms with E-state index in [2.05, 4.69) is 11.8 Å². The summed E-state index contributed by atoms with van der Waals surface area (Å²) in [5.74, 6) is 5.37. The Morgan fingerprint density at radius 3 is 2.85 bits per heavy atom. The monoisotopic (exact) mass is 194 g/mol. The third-order valence-electron chi connectivity index (χ3n) is 1.48. The maximum absolute atomic E-state index is 11.3. The predicted molar refractivity (Wildman–Crippen MR) is 52.9 cm³/mol. The van der Waals surface area contributed by atoms with E-state index in [1.165, 1.54) is 18.3 Å². The molecule has 0 aliphatic heterocycles. The highest BCUT2D eigenvalue weighted by Gasteiger charge is 2.13. The summed E-state index contributed by atoms with van der Waals surface area (Å²) in [6.07, 6.45) is -0.930. The molecule has 0 bridgehead atoms. The third kappa shape index (κ3) is 2.41. The van der Waals surface area contributed by atoms with E-state index in [-0.39, 0.29) is 5.78 Å². The SMILES string of the molecule is CC#Cc1ccc(C(=O)C(C)O)s1. The van der Waals surface area contributed by atoms with E-state index in [1.807, 2.05) is 0 Å². The third-order valence-corrected chi connectivity index (χ3v) is 2.49. The van der Waals surface area contributed by atoms with Crippen molar-refractivity contribution in [3.05, 3.63) is 21.9 Å². The van der Waals surface area contributed by atoms with Crippen molar-refractivity contribution in [2.75, 3.05) is 0 Å². The quantitative estimate of drug-likeness (QED) is 0.574. The van der Waals surface area contributed by atoms with Gasteiger partial charge in [0, 0.05) is 0 Å². The first kappa shape index (κ1) is 9.97. The summed E-state index contributed by atoms with van der Waals surface area (Å²) in [5.41, 5.74) is 0. The van der Waals surface area contributed by atoms with Crippen molar-refractivity contribution >= 4 is 17.1 Å². The number of rotatable bonds is 2. The number of aliphatic hydroxyl groups excluding tert-OH is 1. The zero-order valence-electron chi connectivity index (χ0n) is 7.50. The number of hydrogen-bond acceptors (Lipinski definition) is 3. The molecule has 0 aliphatic rings. The molecule has 0 fully saturated rings. The Balaban J connectivity index is 2.90. The van der Waals surface area contributed by atoms with Gasteiger partial charge < -0.3 is 5.11 Å². The Bertz CT molecular complexity index is 366. The summed E-state index contributed by atoms with van der Waals surface area (Å²) in [4.78, 5) is 12.7. The van der Waals surface area contributed by atoms with Crippen LogP contribution in [0.4, 0.5) is 0 Å². The van der Waals surface area contributed by atoms with E-state index >= 15 is 0 Å². The number of Topliss-reactive ketones (excluding diaryl/α,β-unsaturated/α-hetero) is 1. The molecule has 1 heterocycles. The fraction of sp³-hybridized carbons (Fsp3) is 0.300. The molecule has 0 spiro atoms. The van der Waals surface area contributed by atoms with Crippen LogP contribution in [0.15, 0.2) is 12.1 Å². The molecule has 2 nitrogen and oxygen atoms in total. The number of carbonyl (C=O) groups is 1. The minimum Gasteiger partial charge on any atom is -0.385 e. The number of ketones is 1. The molecular formula is C10H10O2S. The molecule has 1 atom stereocenters. The van der Waals surface area contributed by atoms with Crippen molar-refractivity contribution in [1.29, 1.82) is 0 Å². The molecule has 0 radical (unpaired) electrons. The van der Waals surface area contributed by atoms with Crippen molar-refractivity contribution in [2.24, 2.45) is 0 Å². The van der Waals surface area contributed by atoms with Crippen molar-refractivity contribution in [2.45, 2.75) is 20.0 Å². The van der Waals surface area contributed by atoms with Gasteiger partial charge in [0.2, 0.25) is 5.78 Å². The molecule has 68 valence electrons. The molecule has 1 aromatic heterocycles. The molecule has 0 amide bonds. The first-order valence-electron chi connectivity index (χ1n) is 3.90. The second kappa shape index (κ2) is 4.22. The first-order valence-corrected chi connectivity index (χ1v) is 4.71. The van der Waals surface area contributed by atoms with Gasteiger partial charge in [-0.3, -0.25) is 4.79 Å². The zero-order valence-corrected chi connectivity index (χ0v) is 8.31. The minimum absolute atomic E-state index is 0.242. The largest absolute Gasteiger partial charge is 0.385 e. The number of aliphatic hydroxyl groups is 1. The van der Waals surface area contributed by atoms with Gasteiger partial charge in [0.25, 0.3) is 0 Å². The van der Waals surface area contributed by atoms with Crippen molar-refractivity contribution < 1.29 is 9.90 Å². The first-order chi connectivity index (χ1) is 6.15. The molecule has 0 saturated carbocycles. The lowest BCUT2D eigenvalue weighted by Crippen LogP contribution is -2.14. The Kier molecular flexibility index (Phi) is 3.24. The second-order valence-electron chi connectivity index (χ2n) is 2.58. The van der Waals surface area contributed by atoms with Crippen LogP contribution in [0.3, 0.4) is 0 Å². The Hall–Kier alpha value is -1.11.